The summed E-state index contributed by atoms with van der Waals surface area (Å²) >= 11 is 0. The van der Waals surface area contributed by atoms with Crippen molar-refractivity contribution in [1.82, 2.24) is 14.6 Å². The molecular formula is C19H25N3O6S. The van der Waals surface area contributed by atoms with E-state index < -0.39 is 27.7 Å². The van der Waals surface area contributed by atoms with Gasteiger partial charge in [0.05, 0.1) is 11.3 Å². The predicted octanol–water partition coefficient (Wildman–Crippen LogP) is 2.22. The van der Waals surface area contributed by atoms with Crippen LogP contribution in [0.25, 0.3) is 10.8 Å². The molecule has 2 aromatic rings. The molecular weight excluding hydrogens is 398 g/mol. The fraction of sp³-hybridized carbons (Fsp3) is 0.421. The molecule has 158 valence electrons. The van der Waals surface area contributed by atoms with E-state index in [0.29, 0.717) is 10.8 Å². The SMILES string of the molecule is CC(C)(C)OC(=O)N(CCNS(=O)(=O)c1cccc2cnccc12)CCC(=O)O. The fourth-order valence-corrected chi connectivity index (χ4v) is 3.82. The molecule has 0 aliphatic carbocycles. The first kappa shape index (κ1) is 22.6. The van der Waals surface area contributed by atoms with Crippen molar-refractivity contribution in [2.45, 2.75) is 37.7 Å². The standard InChI is InChI=1S/C19H25N3O6S/c1-19(2,3)28-18(25)22(11-8-17(23)24)12-10-21-29(26,27)16-6-4-5-14-13-20-9-7-15(14)16/h4-7,9,13,21H,8,10-12H2,1-3H3,(H,23,24). The third-order valence-electron chi connectivity index (χ3n) is 3.85. The lowest BCUT2D eigenvalue weighted by Crippen LogP contribution is -2.42. The lowest BCUT2D eigenvalue weighted by atomic mass is 10.2. The summed E-state index contributed by atoms with van der Waals surface area (Å²) in [7, 11) is -3.85. The molecule has 0 bridgehead atoms. The molecule has 0 atom stereocenters. The maximum Gasteiger partial charge on any atom is 0.410 e. The van der Waals surface area contributed by atoms with E-state index in [4.69, 9.17) is 9.84 Å². The van der Waals surface area contributed by atoms with Crippen LogP contribution in [0.4, 0.5) is 4.79 Å². The van der Waals surface area contributed by atoms with Gasteiger partial charge < -0.3 is 14.7 Å². The second kappa shape index (κ2) is 9.19. The molecule has 0 saturated heterocycles. The molecule has 9 nitrogen and oxygen atoms in total. The average molecular weight is 423 g/mol. The van der Waals surface area contributed by atoms with Gasteiger partial charge in [-0.2, -0.15) is 0 Å². The molecule has 0 aliphatic rings. The first-order valence-electron chi connectivity index (χ1n) is 9.02. The van der Waals surface area contributed by atoms with Crippen LogP contribution in [0.5, 0.6) is 0 Å². The molecule has 1 amide bonds. The Morgan fingerprint density at radius 3 is 2.59 bits per heavy atom. The number of carboxylic acid groups (broad SMARTS) is 1. The minimum atomic E-state index is -3.85. The highest BCUT2D eigenvalue weighted by Crippen LogP contribution is 2.21. The average Bonchev–Trinajstić information content (AvgIpc) is 2.62. The number of amides is 1. The number of nitrogens with one attached hydrogen (secondary N) is 1. The molecule has 1 heterocycles. The number of fused-ring (bicyclic) bond motifs is 1. The maximum absolute atomic E-state index is 12.7. The molecule has 2 N–H and O–H groups in total. The van der Waals surface area contributed by atoms with Crippen LogP contribution in [0.2, 0.25) is 0 Å². The Balaban J connectivity index is 2.10. The highest BCUT2D eigenvalue weighted by atomic mass is 32.2. The van der Waals surface area contributed by atoms with Crippen LogP contribution in [-0.2, 0) is 19.6 Å². The van der Waals surface area contributed by atoms with Gasteiger partial charge in [-0.05, 0) is 32.9 Å². The Kier molecular flexibility index (Phi) is 7.15. The number of aliphatic carboxylic acids is 1. The highest BCUT2D eigenvalue weighted by Gasteiger charge is 2.23. The van der Waals surface area contributed by atoms with Crippen molar-refractivity contribution in [2.24, 2.45) is 0 Å². The van der Waals surface area contributed by atoms with Crippen molar-refractivity contribution in [3.05, 3.63) is 36.7 Å². The van der Waals surface area contributed by atoms with Crippen LogP contribution in [-0.4, -0.2) is 60.7 Å². The summed E-state index contributed by atoms with van der Waals surface area (Å²) in [5.41, 5.74) is -0.755. The molecule has 1 aromatic heterocycles. The van der Waals surface area contributed by atoms with Crippen LogP contribution in [0.3, 0.4) is 0 Å². The van der Waals surface area contributed by atoms with E-state index in [9.17, 15) is 18.0 Å². The third kappa shape index (κ3) is 6.68. The van der Waals surface area contributed by atoms with Crippen molar-refractivity contribution < 1.29 is 27.9 Å². The number of benzene rings is 1. The van der Waals surface area contributed by atoms with Crippen molar-refractivity contribution in [1.29, 1.82) is 0 Å². The van der Waals surface area contributed by atoms with Gasteiger partial charge in [-0.3, -0.25) is 9.78 Å². The van der Waals surface area contributed by atoms with E-state index in [2.05, 4.69) is 9.71 Å². The van der Waals surface area contributed by atoms with E-state index in [1.807, 2.05) is 0 Å². The van der Waals surface area contributed by atoms with Crippen LogP contribution >= 0.6 is 0 Å². The number of aromatic nitrogens is 1. The Morgan fingerprint density at radius 2 is 1.93 bits per heavy atom. The van der Waals surface area contributed by atoms with E-state index in [0.717, 1.165) is 0 Å². The van der Waals surface area contributed by atoms with Gasteiger partial charge in [0.15, 0.2) is 0 Å². The van der Waals surface area contributed by atoms with Crippen molar-refractivity contribution >= 4 is 32.9 Å². The molecule has 0 saturated carbocycles. The summed E-state index contributed by atoms with van der Waals surface area (Å²) in [5, 5.41) is 10.1. The summed E-state index contributed by atoms with van der Waals surface area (Å²) in [6, 6.07) is 6.49. The van der Waals surface area contributed by atoms with Crippen molar-refractivity contribution in [3.63, 3.8) is 0 Å². The van der Waals surface area contributed by atoms with Crippen LogP contribution in [0, 0.1) is 0 Å². The predicted molar refractivity (Wildman–Crippen MR) is 107 cm³/mol. The number of hydrogen-bond donors (Lipinski definition) is 2. The second-order valence-electron chi connectivity index (χ2n) is 7.36. The zero-order valence-corrected chi connectivity index (χ0v) is 17.4. The molecule has 0 aliphatic heterocycles. The van der Waals surface area contributed by atoms with Gasteiger partial charge in [-0.25, -0.2) is 17.9 Å². The summed E-state index contributed by atoms with van der Waals surface area (Å²) in [6.07, 6.45) is 2.11. The number of ether oxygens (including phenoxy) is 1. The fourth-order valence-electron chi connectivity index (χ4n) is 2.57. The largest absolute Gasteiger partial charge is 0.481 e. The van der Waals surface area contributed by atoms with Crippen molar-refractivity contribution in [2.75, 3.05) is 19.6 Å². The quantitative estimate of drug-likeness (QED) is 0.667. The first-order valence-corrected chi connectivity index (χ1v) is 10.5. The molecule has 0 fully saturated rings. The Labute approximate surface area is 169 Å². The topological polar surface area (TPSA) is 126 Å². The molecule has 0 radical (unpaired) electrons. The van der Waals surface area contributed by atoms with Gasteiger partial charge in [-0.15, -0.1) is 0 Å². The lowest BCUT2D eigenvalue weighted by Gasteiger charge is -2.27. The van der Waals surface area contributed by atoms with Crippen LogP contribution < -0.4 is 4.72 Å². The molecule has 10 heteroatoms. The van der Waals surface area contributed by atoms with Gasteiger partial charge in [0.1, 0.15) is 5.60 Å². The minimum Gasteiger partial charge on any atom is -0.481 e. The maximum atomic E-state index is 12.7. The summed E-state index contributed by atoms with van der Waals surface area (Å²) < 4.78 is 33.2. The smallest absolute Gasteiger partial charge is 0.410 e. The molecule has 1 aromatic carbocycles. The Morgan fingerprint density at radius 1 is 1.21 bits per heavy atom. The number of nitrogens with zero attached hydrogens (tertiary/aromatic N) is 2. The zero-order chi connectivity index (χ0) is 21.7. The number of rotatable bonds is 8. The summed E-state index contributed by atoms with van der Waals surface area (Å²) in [4.78, 5) is 28.4. The normalized spacial score (nSPS) is 12.0. The van der Waals surface area contributed by atoms with E-state index in [1.54, 1.807) is 45.2 Å². The molecule has 0 unspecified atom stereocenters. The zero-order valence-electron chi connectivity index (χ0n) is 16.6. The summed E-state index contributed by atoms with van der Waals surface area (Å²) in [6.45, 7) is 4.86. The Hall–Kier alpha value is -2.72. The number of hydrogen-bond acceptors (Lipinski definition) is 6. The number of carbonyl (C=O) groups is 2. The number of carboxylic acids is 1. The lowest BCUT2D eigenvalue weighted by molar-refractivity contribution is -0.137. The number of sulfonamides is 1. The van der Waals surface area contributed by atoms with Gasteiger partial charge in [0.25, 0.3) is 0 Å². The molecule has 0 spiro atoms. The van der Waals surface area contributed by atoms with Gasteiger partial charge in [0.2, 0.25) is 10.0 Å². The van der Waals surface area contributed by atoms with Gasteiger partial charge >= 0.3 is 12.1 Å². The number of pyridine rings is 1. The van der Waals surface area contributed by atoms with Gasteiger partial charge in [-0.1, -0.05) is 12.1 Å². The minimum absolute atomic E-state index is 0.0340. The second-order valence-corrected chi connectivity index (χ2v) is 9.10. The van der Waals surface area contributed by atoms with E-state index >= 15 is 0 Å². The monoisotopic (exact) mass is 423 g/mol. The van der Waals surface area contributed by atoms with E-state index in [-0.39, 0.29) is 31.0 Å². The molecule has 2 rings (SSSR count). The van der Waals surface area contributed by atoms with Crippen molar-refractivity contribution in [3.8, 4) is 0 Å². The molecule has 29 heavy (non-hydrogen) atoms. The Bertz CT molecular complexity index is 980. The highest BCUT2D eigenvalue weighted by molar-refractivity contribution is 7.89. The van der Waals surface area contributed by atoms with E-state index in [1.165, 1.54) is 17.2 Å². The number of carbonyl (C=O) groups excluding carboxylic acids is 1. The van der Waals surface area contributed by atoms with Gasteiger partial charge in [0, 0.05) is 42.8 Å². The van der Waals surface area contributed by atoms with Crippen LogP contribution in [0.1, 0.15) is 27.2 Å². The third-order valence-corrected chi connectivity index (χ3v) is 5.37. The van der Waals surface area contributed by atoms with Crippen LogP contribution in [0.15, 0.2) is 41.6 Å². The summed E-state index contributed by atoms with van der Waals surface area (Å²) in [5.74, 6) is -1.07. The first-order chi connectivity index (χ1) is 13.5.